The van der Waals surface area contributed by atoms with E-state index in [-0.39, 0.29) is 65.8 Å². The van der Waals surface area contributed by atoms with Crippen LogP contribution < -0.4 is 59.1 Å². The second kappa shape index (κ2) is 23.1. The smallest absolute Gasteiger partial charge is 0.759 e. The average Bonchev–Trinajstić information content (AvgIpc) is 2.25. The molecule has 0 bridgehead atoms. The molecule has 0 heterocycles. The van der Waals surface area contributed by atoms with Gasteiger partial charge in [0.05, 0.1) is 6.67 Å². The van der Waals surface area contributed by atoms with Gasteiger partial charge in [0.25, 0.3) is 0 Å². The van der Waals surface area contributed by atoms with Gasteiger partial charge >= 0.3 is 59.1 Å². The Balaban J connectivity index is -0.000000158. The molecule has 0 aromatic heterocycles. The van der Waals surface area contributed by atoms with Crippen LogP contribution in [0.5, 0.6) is 0 Å². The standard InChI is InChI=1S/C12H25F.2Na.H2O4S/c1-2-3-4-5-6-7-8-9-10-11-12-13;;;1-5(2,3)4/h2-12H2,1H3;;;(H2,1,2,3,4)/q;2*+1;/p-2. The van der Waals surface area contributed by atoms with E-state index in [9.17, 15) is 4.39 Å². The maximum Gasteiger partial charge on any atom is 1.00 e. The first-order valence-electron chi connectivity index (χ1n) is 6.64. The van der Waals surface area contributed by atoms with E-state index in [1.807, 2.05) is 0 Å². The Morgan fingerprint density at radius 3 is 1.25 bits per heavy atom. The summed E-state index contributed by atoms with van der Waals surface area (Å²) < 4.78 is 45.8. The topological polar surface area (TPSA) is 80.3 Å². The fraction of sp³-hybridized carbons (Fsp3) is 1.00. The second-order valence-corrected chi connectivity index (χ2v) is 5.10. The predicted molar refractivity (Wildman–Crippen MR) is 68.3 cm³/mol. The van der Waals surface area contributed by atoms with E-state index in [4.69, 9.17) is 17.5 Å². The Morgan fingerprint density at radius 1 is 0.750 bits per heavy atom. The van der Waals surface area contributed by atoms with Gasteiger partial charge in [0.15, 0.2) is 0 Å². The molecule has 0 atom stereocenters. The minimum atomic E-state index is -5.17. The van der Waals surface area contributed by atoms with Crippen molar-refractivity contribution < 1.29 is 81.0 Å². The summed E-state index contributed by atoms with van der Waals surface area (Å²) in [4.78, 5) is 0. The molecule has 20 heavy (non-hydrogen) atoms. The maximum atomic E-state index is 11.7. The molecule has 0 rings (SSSR count). The van der Waals surface area contributed by atoms with Crippen LogP contribution in [-0.2, 0) is 10.4 Å². The second-order valence-electron chi connectivity index (χ2n) is 4.28. The van der Waals surface area contributed by atoms with Crippen molar-refractivity contribution in [3.8, 4) is 0 Å². The summed E-state index contributed by atoms with van der Waals surface area (Å²) in [6.07, 6.45) is 12.7. The average molecular weight is 330 g/mol. The van der Waals surface area contributed by atoms with Crippen molar-refractivity contribution in [1.82, 2.24) is 0 Å². The van der Waals surface area contributed by atoms with Gasteiger partial charge in [0.1, 0.15) is 0 Å². The summed E-state index contributed by atoms with van der Waals surface area (Å²) in [5.41, 5.74) is 0. The third-order valence-electron chi connectivity index (χ3n) is 2.49. The van der Waals surface area contributed by atoms with Crippen LogP contribution in [0.15, 0.2) is 0 Å². The van der Waals surface area contributed by atoms with E-state index in [0.717, 1.165) is 12.8 Å². The van der Waals surface area contributed by atoms with E-state index >= 15 is 0 Å². The van der Waals surface area contributed by atoms with Crippen molar-refractivity contribution in [3.05, 3.63) is 0 Å². The van der Waals surface area contributed by atoms with Crippen LogP contribution in [0.1, 0.15) is 71.1 Å². The number of alkyl halides is 1. The van der Waals surface area contributed by atoms with E-state index in [1.165, 1.54) is 51.4 Å². The molecule has 112 valence electrons. The summed E-state index contributed by atoms with van der Waals surface area (Å²) in [5.74, 6) is 0. The van der Waals surface area contributed by atoms with Gasteiger partial charge in [0.2, 0.25) is 0 Å². The fourth-order valence-corrected chi connectivity index (χ4v) is 1.58. The largest absolute Gasteiger partial charge is 1.00 e. The normalized spacial score (nSPS) is 9.80. The first-order chi connectivity index (χ1) is 8.41. The van der Waals surface area contributed by atoms with Crippen molar-refractivity contribution in [2.75, 3.05) is 6.67 Å². The zero-order valence-electron chi connectivity index (χ0n) is 13.2. The van der Waals surface area contributed by atoms with Crippen molar-refractivity contribution in [2.24, 2.45) is 0 Å². The first-order valence-corrected chi connectivity index (χ1v) is 7.97. The summed E-state index contributed by atoms with van der Waals surface area (Å²) in [5, 5.41) is 0. The Bertz CT molecular complexity index is 234. The molecule has 0 fully saturated rings. The molecule has 0 aromatic rings. The van der Waals surface area contributed by atoms with Gasteiger partial charge in [-0.3, -0.25) is 12.8 Å². The summed E-state index contributed by atoms with van der Waals surface area (Å²) in [6, 6.07) is 0. The minimum Gasteiger partial charge on any atom is -0.759 e. The monoisotopic (exact) mass is 330 g/mol. The number of halogens is 1. The fourth-order valence-electron chi connectivity index (χ4n) is 1.58. The Morgan fingerprint density at radius 2 is 1.00 bits per heavy atom. The van der Waals surface area contributed by atoms with Crippen LogP contribution in [0.3, 0.4) is 0 Å². The summed E-state index contributed by atoms with van der Waals surface area (Å²) >= 11 is 0. The molecule has 0 unspecified atom stereocenters. The van der Waals surface area contributed by atoms with Crippen LogP contribution in [0.4, 0.5) is 4.39 Å². The quantitative estimate of drug-likeness (QED) is 0.193. The SMILES string of the molecule is CCCCCCCCCCCCF.O=S(=O)([O-])[O-].[Na+].[Na+]. The molecule has 0 N–H and O–H groups in total. The molecule has 4 nitrogen and oxygen atoms in total. The molecule has 0 amide bonds. The van der Waals surface area contributed by atoms with Crippen LogP contribution >= 0.6 is 0 Å². The van der Waals surface area contributed by atoms with Gasteiger partial charge < -0.3 is 9.11 Å². The van der Waals surface area contributed by atoms with Gasteiger partial charge in [-0.05, 0) is 6.42 Å². The molecule has 0 aromatic carbocycles. The molecule has 0 aliphatic carbocycles. The molecule has 0 saturated carbocycles. The maximum absolute atomic E-state index is 11.7. The van der Waals surface area contributed by atoms with Crippen molar-refractivity contribution in [3.63, 3.8) is 0 Å². The molecule has 0 aliphatic rings. The van der Waals surface area contributed by atoms with Gasteiger partial charge in [0, 0.05) is 10.4 Å². The third-order valence-corrected chi connectivity index (χ3v) is 2.49. The summed E-state index contributed by atoms with van der Waals surface area (Å²) in [7, 11) is -5.17. The van der Waals surface area contributed by atoms with Gasteiger partial charge in [-0.25, -0.2) is 0 Å². The molecular weight excluding hydrogens is 305 g/mol. The first kappa shape index (κ1) is 29.8. The van der Waals surface area contributed by atoms with E-state index in [0.29, 0.717) is 0 Å². The number of hydrogen-bond acceptors (Lipinski definition) is 4. The van der Waals surface area contributed by atoms with Crippen molar-refractivity contribution in [2.45, 2.75) is 71.1 Å². The molecule has 0 spiro atoms. The molecule has 8 heteroatoms. The zero-order valence-corrected chi connectivity index (χ0v) is 18.0. The predicted octanol–water partition coefficient (Wildman–Crippen LogP) is -2.45. The van der Waals surface area contributed by atoms with E-state index in [2.05, 4.69) is 6.92 Å². The zero-order chi connectivity index (χ0) is 14.3. The van der Waals surface area contributed by atoms with Crippen LogP contribution in [-0.4, -0.2) is 24.2 Å². The molecule has 0 aliphatic heterocycles. The van der Waals surface area contributed by atoms with Gasteiger partial charge in [-0.15, -0.1) is 0 Å². The Hall–Kier alpha value is 1.80. The molecule has 0 saturated heterocycles. The Labute approximate surface area is 167 Å². The van der Waals surface area contributed by atoms with Crippen LogP contribution in [0.2, 0.25) is 0 Å². The van der Waals surface area contributed by atoms with E-state index in [1.54, 1.807) is 0 Å². The minimum absolute atomic E-state index is 0. The van der Waals surface area contributed by atoms with Crippen LogP contribution in [0.25, 0.3) is 0 Å². The Kier molecular flexibility index (Phi) is 34.3. The summed E-state index contributed by atoms with van der Waals surface area (Å²) in [6.45, 7) is 2.12. The number of rotatable bonds is 10. The van der Waals surface area contributed by atoms with Crippen molar-refractivity contribution in [1.29, 1.82) is 0 Å². The van der Waals surface area contributed by atoms with Gasteiger partial charge in [-0.1, -0.05) is 64.7 Å². The van der Waals surface area contributed by atoms with Crippen molar-refractivity contribution >= 4 is 10.4 Å². The third kappa shape index (κ3) is 50.3. The molecule has 0 radical (unpaired) electrons. The van der Waals surface area contributed by atoms with Crippen LogP contribution in [0, 0.1) is 0 Å². The van der Waals surface area contributed by atoms with E-state index < -0.39 is 10.4 Å². The number of hydrogen-bond donors (Lipinski definition) is 0. The molecular formula is C12H25FNa2O4S. The van der Waals surface area contributed by atoms with Gasteiger partial charge in [-0.2, -0.15) is 0 Å². The number of unbranched alkanes of at least 4 members (excludes halogenated alkanes) is 9.